The van der Waals surface area contributed by atoms with Gasteiger partial charge in [-0.3, -0.25) is 0 Å². The maximum absolute atomic E-state index is 5.29. The van der Waals surface area contributed by atoms with Crippen LogP contribution in [0.15, 0.2) is 4.42 Å². The van der Waals surface area contributed by atoms with Crippen molar-refractivity contribution in [2.24, 2.45) is 0 Å². The van der Waals surface area contributed by atoms with Gasteiger partial charge in [-0.1, -0.05) is 6.92 Å². The zero-order chi connectivity index (χ0) is 9.97. The molecule has 1 saturated heterocycles. The van der Waals surface area contributed by atoms with Gasteiger partial charge in [-0.25, -0.2) is 0 Å². The van der Waals surface area contributed by atoms with E-state index in [1.54, 1.807) is 0 Å². The van der Waals surface area contributed by atoms with Crippen LogP contribution in [0.4, 0.5) is 0 Å². The second-order valence-electron chi connectivity index (χ2n) is 3.57. The number of hydrogen-bond acceptors (Lipinski definition) is 5. The second-order valence-corrected chi connectivity index (χ2v) is 5.05. The first-order valence-corrected chi connectivity index (χ1v) is 5.94. The van der Waals surface area contributed by atoms with Crippen LogP contribution < -0.4 is 5.32 Å². The first-order valence-electron chi connectivity index (χ1n) is 4.89. The standard InChI is InChI=1S/C9H15N3OS/c1-6-8(3-4-14-6)10-5-9-12-11-7(2)13-9/h6,8,10H,3-5H2,1-2H3. The summed E-state index contributed by atoms with van der Waals surface area (Å²) in [6, 6.07) is 0.590. The molecule has 0 spiro atoms. The number of aryl methyl sites for hydroxylation is 1. The number of rotatable bonds is 3. The highest BCUT2D eigenvalue weighted by atomic mass is 32.2. The Morgan fingerprint density at radius 2 is 2.43 bits per heavy atom. The maximum atomic E-state index is 5.29. The molecule has 0 radical (unpaired) electrons. The molecule has 2 rings (SSSR count). The van der Waals surface area contributed by atoms with Crippen LogP contribution in [0.3, 0.4) is 0 Å². The Bertz CT molecular complexity index is 302. The molecule has 1 aliphatic heterocycles. The summed E-state index contributed by atoms with van der Waals surface area (Å²) < 4.78 is 5.29. The number of thioether (sulfide) groups is 1. The van der Waals surface area contributed by atoms with Crippen molar-refractivity contribution in [3.05, 3.63) is 11.8 Å². The van der Waals surface area contributed by atoms with Crippen LogP contribution in [0.25, 0.3) is 0 Å². The van der Waals surface area contributed by atoms with Crippen LogP contribution in [0.5, 0.6) is 0 Å². The minimum Gasteiger partial charge on any atom is -0.424 e. The summed E-state index contributed by atoms with van der Waals surface area (Å²) in [5.41, 5.74) is 0. The molecule has 0 amide bonds. The molecule has 0 aromatic carbocycles. The van der Waals surface area contributed by atoms with E-state index < -0.39 is 0 Å². The van der Waals surface area contributed by atoms with Crippen LogP contribution in [-0.4, -0.2) is 27.2 Å². The van der Waals surface area contributed by atoms with E-state index in [0.717, 1.165) is 0 Å². The van der Waals surface area contributed by atoms with Gasteiger partial charge in [-0.2, -0.15) is 11.8 Å². The van der Waals surface area contributed by atoms with E-state index in [2.05, 4.69) is 22.4 Å². The van der Waals surface area contributed by atoms with Gasteiger partial charge in [-0.15, -0.1) is 10.2 Å². The van der Waals surface area contributed by atoms with E-state index in [4.69, 9.17) is 4.42 Å². The molecule has 1 N–H and O–H groups in total. The second kappa shape index (κ2) is 4.31. The van der Waals surface area contributed by atoms with Gasteiger partial charge in [0.25, 0.3) is 0 Å². The van der Waals surface area contributed by atoms with E-state index in [-0.39, 0.29) is 0 Å². The van der Waals surface area contributed by atoms with Gasteiger partial charge in [0.15, 0.2) is 0 Å². The number of nitrogens with one attached hydrogen (secondary N) is 1. The molecule has 78 valence electrons. The van der Waals surface area contributed by atoms with E-state index in [9.17, 15) is 0 Å². The molecule has 1 aromatic rings. The molecular weight excluding hydrogens is 198 g/mol. The first-order chi connectivity index (χ1) is 6.75. The van der Waals surface area contributed by atoms with Crippen molar-refractivity contribution in [3.8, 4) is 0 Å². The lowest BCUT2D eigenvalue weighted by molar-refractivity contribution is 0.418. The molecule has 2 atom stereocenters. The molecule has 5 heteroatoms. The van der Waals surface area contributed by atoms with Crippen LogP contribution in [0.2, 0.25) is 0 Å². The Kier molecular flexibility index (Phi) is 3.08. The summed E-state index contributed by atoms with van der Waals surface area (Å²) in [4.78, 5) is 0. The SMILES string of the molecule is Cc1nnc(CNC2CCSC2C)o1. The number of hydrogen-bond donors (Lipinski definition) is 1. The summed E-state index contributed by atoms with van der Waals surface area (Å²) in [5.74, 6) is 2.57. The third-order valence-electron chi connectivity index (χ3n) is 2.46. The fourth-order valence-corrected chi connectivity index (χ4v) is 2.85. The minimum absolute atomic E-state index is 0.590. The van der Waals surface area contributed by atoms with Crippen molar-refractivity contribution >= 4 is 11.8 Å². The molecule has 2 unspecified atom stereocenters. The van der Waals surface area contributed by atoms with Crippen LogP contribution in [0, 0.1) is 6.92 Å². The molecule has 0 bridgehead atoms. The van der Waals surface area contributed by atoms with E-state index >= 15 is 0 Å². The first kappa shape index (κ1) is 9.98. The van der Waals surface area contributed by atoms with Gasteiger partial charge >= 0.3 is 0 Å². The average Bonchev–Trinajstić information content (AvgIpc) is 2.72. The van der Waals surface area contributed by atoms with Gasteiger partial charge in [-0.05, 0) is 12.2 Å². The molecule has 1 aliphatic rings. The molecule has 0 saturated carbocycles. The van der Waals surface area contributed by atoms with E-state index in [1.807, 2.05) is 18.7 Å². The van der Waals surface area contributed by atoms with Gasteiger partial charge in [0.05, 0.1) is 6.54 Å². The Labute approximate surface area is 87.9 Å². The monoisotopic (exact) mass is 213 g/mol. The summed E-state index contributed by atoms with van der Waals surface area (Å²) in [6.45, 7) is 4.76. The highest BCUT2D eigenvalue weighted by molar-refractivity contribution is 8.00. The van der Waals surface area contributed by atoms with Crippen LogP contribution >= 0.6 is 11.8 Å². The lowest BCUT2D eigenvalue weighted by Crippen LogP contribution is -2.32. The van der Waals surface area contributed by atoms with E-state index in [0.29, 0.717) is 29.6 Å². The average molecular weight is 213 g/mol. The van der Waals surface area contributed by atoms with Gasteiger partial charge in [0.2, 0.25) is 11.8 Å². The van der Waals surface area contributed by atoms with Crippen molar-refractivity contribution in [3.63, 3.8) is 0 Å². The van der Waals surface area contributed by atoms with Crippen LogP contribution in [0.1, 0.15) is 25.1 Å². The van der Waals surface area contributed by atoms with E-state index in [1.165, 1.54) is 12.2 Å². The fraction of sp³-hybridized carbons (Fsp3) is 0.778. The lowest BCUT2D eigenvalue weighted by Gasteiger charge is -2.14. The fourth-order valence-electron chi connectivity index (χ4n) is 1.63. The zero-order valence-corrected chi connectivity index (χ0v) is 9.30. The summed E-state index contributed by atoms with van der Waals surface area (Å²) in [5, 5.41) is 11.9. The third-order valence-corrected chi connectivity index (χ3v) is 3.79. The van der Waals surface area contributed by atoms with Crippen molar-refractivity contribution in [2.75, 3.05) is 5.75 Å². The van der Waals surface area contributed by atoms with Crippen molar-refractivity contribution in [1.29, 1.82) is 0 Å². The van der Waals surface area contributed by atoms with Crippen molar-refractivity contribution in [1.82, 2.24) is 15.5 Å². The van der Waals surface area contributed by atoms with Gasteiger partial charge < -0.3 is 9.73 Å². The molecule has 4 nitrogen and oxygen atoms in total. The third kappa shape index (κ3) is 2.27. The molecule has 2 heterocycles. The topological polar surface area (TPSA) is 51.0 Å². The maximum Gasteiger partial charge on any atom is 0.230 e. The quantitative estimate of drug-likeness (QED) is 0.821. The normalized spacial score (nSPS) is 27.0. The smallest absolute Gasteiger partial charge is 0.230 e. The number of aromatic nitrogens is 2. The van der Waals surface area contributed by atoms with Crippen molar-refractivity contribution < 1.29 is 4.42 Å². The predicted octanol–water partition coefficient (Wildman–Crippen LogP) is 1.36. The van der Waals surface area contributed by atoms with Gasteiger partial charge in [0, 0.05) is 18.2 Å². The lowest BCUT2D eigenvalue weighted by atomic mass is 10.2. The molecule has 14 heavy (non-hydrogen) atoms. The minimum atomic E-state index is 0.590. The Morgan fingerprint density at radius 3 is 3.00 bits per heavy atom. The van der Waals surface area contributed by atoms with Gasteiger partial charge in [0.1, 0.15) is 0 Å². The summed E-state index contributed by atoms with van der Waals surface area (Å²) in [6.07, 6.45) is 1.24. The zero-order valence-electron chi connectivity index (χ0n) is 8.49. The summed E-state index contributed by atoms with van der Waals surface area (Å²) >= 11 is 2.02. The molecule has 0 aliphatic carbocycles. The largest absolute Gasteiger partial charge is 0.424 e. The Balaban J connectivity index is 1.82. The highest BCUT2D eigenvalue weighted by Crippen LogP contribution is 2.26. The highest BCUT2D eigenvalue weighted by Gasteiger charge is 2.23. The molecule has 1 aromatic heterocycles. The Hall–Kier alpha value is -0.550. The number of nitrogens with zero attached hydrogens (tertiary/aromatic N) is 2. The molecular formula is C9H15N3OS. The molecule has 1 fully saturated rings. The Morgan fingerprint density at radius 1 is 1.57 bits per heavy atom. The van der Waals surface area contributed by atoms with Crippen LogP contribution in [-0.2, 0) is 6.54 Å². The van der Waals surface area contributed by atoms with Crippen molar-refractivity contribution in [2.45, 2.75) is 38.1 Å². The summed E-state index contributed by atoms with van der Waals surface area (Å²) in [7, 11) is 0. The predicted molar refractivity (Wildman–Crippen MR) is 56.2 cm³/mol.